The van der Waals surface area contributed by atoms with Crippen LogP contribution in [0.1, 0.15) is 459 Å². The van der Waals surface area contributed by atoms with E-state index in [4.69, 9.17) is 37.0 Å². The smallest absolute Gasteiger partial charge is 0.462 e. The zero-order valence-corrected chi connectivity index (χ0v) is 70.8. The molecule has 0 aliphatic heterocycles. The Morgan fingerprint density at radius 1 is 0.257 bits per heavy atom. The molecule has 0 amide bonds. The molecule has 0 aliphatic carbocycles. The molecule has 0 bridgehead atoms. The van der Waals surface area contributed by atoms with Crippen molar-refractivity contribution in [2.75, 3.05) is 39.6 Å². The van der Waals surface area contributed by atoms with Gasteiger partial charge >= 0.3 is 39.5 Å². The summed E-state index contributed by atoms with van der Waals surface area (Å²) < 4.78 is 68.9. The maximum atomic E-state index is 13.1. The number of carbonyl (C=O) groups is 4. The lowest BCUT2D eigenvalue weighted by molar-refractivity contribution is -0.161. The number of phosphoric ester groups is 2. The van der Waals surface area contributed by atoms with Gasteiger partial charge in [-0.3, -0.25) is 37.3 Å². The molecule has 3 N–H and O–H groups in total. The zero-order chi connectivity index (χ0) is 77.1. The minimum absolute atomic E-state index is 0.107. The van der Waals surface area contributed by atoms with Crippen LogP contribution in [-0.4, -0.2) is 96.7 Å². The van der Waals surface area contributed by atoms with Gasteiger partial charge < -0.3 is 33.8 Å². The molecule has 0 spiro atoms. The second-order valence-electron chi connectivity index (χ2n) is 31.9. The second kappa shape index (κ2) is 77.4. The summed E-state index contributed by atoms with van der Waals surface area (Å²) >= 11 is 0. The van der Waals surface area contributed by atoms with E-state index in [0.29, 0.717) is 25.7 Å². The van der Waals surface area contributed by atoms with Crippen molar-refractivity contribution >= 4 is 39.5 Å². The van der Waals surface area contributed by atoms with E-state index in [1.54, 1.807) is 0 Å². The Hall–Kier alpha value is -1.94. The summed E-state index contributed by atoms with van der Waals surface area (Å²) in [5.74, 6) is -0.551. The van der Waals surface area contributed by atoms with E-state index in [-0.39, 0.29) is 25.7 Å². The molecule has 0 radical (unpaired) electrons. The minimum atomic E-state index is -4.97. The van der Waals surface area contributed by atoms with Crippen molar-refractivity contribution in [3.05, 3.63) is 0 Å². The van der Waals surface area contributed by atoms with Gasteiger partial charge in [0.1, 0.15) is 19.3 Å². The van der Waals surface area contributed by atoms with Crippen LogP contribution >= 0.6 is 15.6 Å². The Labute approximate surface area is 645 Å². The van der Waals surface area contributed by atoms with Crippen LogP contribution in [0.5, 0.6) is 0 Å². The Balaban J connectivity index is 5.23. The molecule has 0 fully saturated rings. The van der Waals surface area contributed by atoms with Crippen LogP contribution in [0.25, 0.3) is 0 Å². The summed E-state index contributed by atoms with van der Waals surface area (Å²) in [4.78, 5) is 73.2. The molecule has 0 saturated carbocycles. The normalized spacial score (nSPS) is 13.8. The standard InChI is InChI=1S/C86H168O17P2/c1-7-9-11-13-15-17-19-21-22-23-24-25-26-27-28-29-35-39-46-52-58-64-70-85(90)102-81(74-97-84(89)69-63-57-51-45-38-34-31-30-33-36-42-48-54-60-66-78(3)4)76-100-104(92,93)98-72-80(87)73-99-105(94,95)101-77-82(103-86(91)71-65-59-53-47-41-40-43-49-55-61-67-79(5)6)75-96-83(88)68-62-56-50-44-37-32-20-18-16-14-12-10-8-2/h78-82,87H,7-77H2,1-6H3,(H,92,93)(H,94,95)/t80-,81-,82-/m1/s1. The highest BCUT2D eigenvalue weighted by Crippen LogP contribution is 2.45. The average molecular weight is 1540 g/mol. The molecule has 5 atom stereocenters. The summed E-state index contributed by atoms with van der Waals surface area (Å²) in [6, 6.07) is 0. The quantitative estimate of drug-likeness (QED) is 0.0222. The molecular formula is C86H168O17P2. The van der Waals surface area contributed by atoms with Crippen molar-refractivity contribution in [2.45, 2.75) is 477 Å². The fourth-order valence-electron chi connectivity index (χ4n) is 13.4. The van der Waals surface area contributed by atoms with E-state index in [9.17, 15) is 43.2 Å². The number of aliphatic hydroxyl groups is 1. The minimum Gasteiger partial charge on any atom is -0.462 e. The van der Waals surface area contributed by atoms with Crippen molar-refractivity contribution in [3.63, 3.8) is 0 Å². The van der Waals surface area contributed by atoms with E-state index >= 15 is 0 Å². The van der Waals surface area contributed by atoms with Crippen LogP contribution in [0.2, 0.25) is 0 Å². The van der Waals surface area contributed by atoms with Crippen LogP contribution in [0.15, 0.2) is 0 Å². The van der Waals surface area contributed by atoms with Crippen molar-refractivity contribution < 1.29 is 80.2 Å². The highest BCUT2D eigenvalue weighted by Gasteiger charge is 2.30. The molecular weight excluding hydrogens is 1370 g/mol. The van der Waals surface area contributed by atoms with Gasteiger partial charge in [-0.2, -0.15) is 0 Å². The Bertz CT molecular complexity index is 2010. The van der Waals surface area contributed by atoms with Crippen molar-refractivity contribution in [2.24, 2.45) is 11.8 Å². The Morgan fingerprint density at radius 2 is 0.438 bits per heavy atom. The van der Waals surface area contributed by atoms with Gasteiger partial charge in [0.2, 0.25) is 0 Å². The lowest BCUT2D eigenvalue weighted by Crippen LogP contribution is -2.30. The maximum absolute atomic E-state index is 13.1. The van der Waals surface area contributed by atoms with Gasteiger partial charge in [-0.25, -0.2) is 9.13 Å². The number of hydrogen-bond donors (Lipinski definition) is 3. The number of hydrogen-bond acceptors (Lipinski definition) is 15. The number of carbonyl (C=O) groups excluding carboxylic acids is 4. The van der Waals surface area contributed by atoms with E-state index in [0.717, 1.165) is 102 Å². The SMILES string of the molecule is CCCCCCCCCCCCCCCCCCCCCCCCC(=O)O[C@H](COC(=O)CCCCCCCCCCCCCCCCC(C)C)COP(=O)(O)OC[C@@H](O)COP(=O)(O)OC[C@@H](COC(=O)CCCCCCCCCCCCCCC)OC(=O)CCCCCCCCCCCCC(C)C. The first-order chi connectivity index (χ1) is 50.9. The Morgan fingerprint density at radius 3 is 0.648 bits per heavy atom. The van der Waals surface area contributed by atoms with Gasteiger partial charge in [0, 0.05) is 25.7 Å². The fourth-order valence-corrected chi connectivity index (χ4v) is 15.0. The monoisotopic (exact) mass is 1540 g/mol. The zero-order valence-electron chi connectivity index (χ0n) is 69.0. The predicted molar refractivity (Wildman–Crippen MR) is 432 cm³/mol. The highest BCUT2D eigenvalue weighted by atomic mass is 31.2. The van der Waals surface area contributed by atoms with Gasteiger partial charge in [0.05, 0.1) is 26.4 Å². The molecule has 0 heterocycles. The number of aliphatic hydroxyl groups excluding tert-OH is 1. The number of rotatable bonds is 85. The predicted octanol–water partition coefficient (Wildman–Crippen LogP) is 26.2. The van der Waals surface area contributed by atoms with Gasteiger partial charge in [0.15, 0.2) is 12.2 Å². The summed E-state index contributed by atoms with van der Waals surface area (Å²) in [5.41, 5.74) is 0. The van der Waals surface area contributed by atoms with E-state index in [2.05, 4.69) is 41.5 Å². The van der Waals surface area contributed by atoms with Crippen molar-refractivity contribution in [3.8, 4) is 0 Å². The first-order valence-electron chi connectivity index (χ1n) is 44.5. The molecule has 0 aromatic carbocycles. The van der Waals surface area contributed by atoms with E-state index < -0.39 is 97.5 Å². The molecule has 624 valence electrons. The molecule has 0 aromatic rings. The number of phosphoric acid groups is 2. The maximum Gasteiger partial charge on any atom is 0.472 e. The largest absolute Gasteiger partial charge is 0.472 e. The Kier molecular flexibility index (Phi) is 76.0. The van der Waals surface area contributed by atoms with E-state index in [1.807, 2.05) is 0 Å². The van der Waals surface area contributed by atoms with Gasteiger partial charge in [-0.1, -0.05) is 408 Å². The number of esters is 4. The molecule has 0 rings (SSSR count). The number of ether oxygens (including phenoxy) is 4. The summed E-state index contributed by atoms with van der Waals surface area (Å²) in [5, 5.41) is 10.7. The van der Waals surface area contributed by atoms with Crippen LogP contribution in [-0.2, 0) is 65.4 Å². The van der Waals surface area contributed by atoms with Crippen LogP contribution < -0.4 is 0 Å². The first kappa shape index (κ1) is 103. The molecule has 17 nitrogen and oxygen atoms in total. The van der Waals surface area contributed by atoms with Crippen molar-refractivity contribution in [1.82, 2.24) is 0 Å². The summed E-state index contributed by atoms with van der Waals surface area (Å²) in [7, 11) is -9.93. The van der Waals surface area contributed by atoms with Crippen LogP contribution in [0.4, 0.5) is 0 Å². The third-order valence-electron chi connectivity index (χ3n) is 20.2. The summed E-state index contributed by atoms with van der Waals surface area (Å²) in [6.45, 7) is 9.68. The molecule has 105 heavy (non-hydrogen) atoms. The average Bonchev–Trinajstić information content (AvgIpc) is 0.904. The number of unbranched alkanes of at least 4 members (excludes halogenated alkanes) is 55. The second-order valence-corrected chi connectivity index (χ2v) is 34.8. The van der Waals surface area contributed by atoms with Gasteiger partial charge in [-0.15, -0.1) is 0 Å². The molecule has 19 heteroatoms. The topological polar surface area (TPSA) is 237 Å². The summed E-state index contributed by atoms with van der Waals surface area (Å²) in [6.07, 6.45) is 69.4. The molecule has 0 saturated heterocycles. The third kappa shape index (κ3) is 79.9. The molecule has 0 aromatic heterocycles. The lowest BCUT2D eigenvalue weighted by Gasteiger charge is -2.21. The highest BCUT2D eigenvalue weighted by molar-refractivity contribution is 7.47. The van der Waals surface area contributed by atoms with Crippen LogP contribution in [0.3, 0.4) is 0 Å². The van der Waals surface area contributed by atoms with Crippen molar-refractivity contribution in [1.29, 1.82) is 0 Å². The van der Waals surface area contributed by atoms with E-state index in [1.165, 1.54) is 276 Å². The fraction of sp³-hybridized carbons (Fsp3) is 0.953. The molecule has 2 unspecified atom stereocenters. The van der Waals surface area contributed by atoms with Crippen LogP contribution in [0, 0.1) is 11.8 Å². The lowest BCUT2D eigenvalue weighted by atomic mass is 10.0. The van der Waals surface area contributed by atoms with Gasteiger partial charge in [0.25, 0.3) is 0 Å². The first-order valence-corrected chi connectivity index (χ1v) is 47.5. The molecule has 0 aliphatic rings. The van der Waals surface area contributed by atoms with Gasteiger partial charge in [-0.05, 0) is 37.5 Å². The third-order valence-corrected chi connectivity index (χ3v) is 22.1.